The highest BCUT2D eigenvalue weighted by Gasteiger charge is 2.09. The third-order valence-electron chi connectivity index (χ3n) is 8.38. The number of dihydropyridines is 1. The highest BCUT2D eigenvalue weighted by molar-refractivity contribution is 5.92. The van der Waals surface area contributed by atoms with Crippen molar-refractivity contribution in [1.29, 1.82) is 0 Å². The maximum absolute atomic E-state index is 5.76. The van der Waals surface area contributed by atoms with Crippen LogP contribution in [-0.4, -0.2) is 6.54 Å². The van der Waals surface area contributed by atoms with Crippen molar-refractivity contribution in [3.8, 4) is 0 Å². The van der Waals surface area contributed by atoms with E-state index in [1.807, 2.05) is 94.5 Å². The quantitative estimate of drug-likeness (QED) is 0.118. The van der Waals surface area contributed by atoms with E-state index in [0.29, 0.717) is 0 Å². The van der Waals surface area contributed by atoms with E-state index in [1.165, 1.54) is 51.2 Å². The van der Waals surface area contributed by atoms with Crippen LogP contribution in [0.1, 0.15) is 50.8 Å². The first-order valence-electron chi connectivity index (χ1n) is 17.6. The predicted molar refractivity (Wildman–Crippen MR) is 240 cm³/mol. The molecule has 0 unspecified atom stereocenters. The molecule has 7 N–H and O–H groups in total. The Morgan fingerprint density at radius 1 is 0.792 bits per heavy atom. The topological polar surface area (TPSA) is 90.1 Å². The zero-order chi connectivity index (χ0) is 39.8. The highest BCUT2D eigenvalue weighted by Crippen LogP contribution is 2.23. The van der Waals surface area contributed by atoms with Gasteiger partial charge >= 0.3 is 0 Å². The highest BCUT2D eigenvalue weighted by atomic mass is 14.9. The largest absolute Gasteiger partial charge is 0.404 e. The summed E-state index contributed by atoms with van der Waals surface area (Å²) in [5, 5.41) is 5.81. The second-order valence-corrected chi connectivity index (χ2v) is 12.1. The van der Waals surface area contributed by atoms with Crippen molar-refractivity contribution in [2.24, 2.45) is 11.5 Å². The summed E-state index contributed by atoms with van der Waals surface area (Å²) >= 11 is 0. The van der Waals surface area contributed by atoms with Crippen LogP contribution in [0.4, 0.5) is 5.69 Å². The lowest BCUT2D eigenvalue weighted by Crippen LogP contribution is -2.19. The minimum absolute atomic E-state index is 0.819. The third-order valence-corrected chi connectivity index (χ3v) is 8.38. The van der Waals surface area contributed by atoms with Crippen molar-refractivity contribution < 1.29 is 0 Å². The van der Waals surface area contributed by atoms with Crippen molar-refractivity contribution in [3.05, 3.63) is 223 Å². The van der Waals surface area contributed by atoms with E-state index >= 15 is 0 Å². The van der Waals surface area contributed by atoms with Crippen LogP contribution in [-0.2, 0) is 0 Å². The fraction of sp³-hybridized carbons (Fsp3) is 0.143. The normalized spacial score (nSPS) is 12.9. The zero-order valence-electron chi connectivity index (χ0n) is 32.6. The van der Waals surface area contributed by atoms with Crippen LogP contribution in [0.5, 0.6) is 0 Å². The molecule has 0 spiro atoms. The van der Waals surface area contributed by atoms with Gasteiger partial charge in [-0.1, -0.05) is 154 Å². The molecule has 0 saturated heterocycles. The monoisotopic (exact) mass is 704 g/mol. The van der Waals surface area contributed by atoms with Crippen LogP contribution >= 0.6 is 0 Å². The SMILES string of the molecule is C=C(C)C(=C)C.C=C/C(=C\C)C1=CC=C(c2ccc(C)c(C=C)c2)NC1.C=C/C(=C\C)C\C=C/C(=C\N)C(/C=C)=C/N.Nc1cccc2ccccc12. The van der Waals surface area contributed by atoms with Crippen LogP contribution in [0.25, 0.3) is 22.5 Å². The van der Waals surface area contributed by atoms with Gasteiger partial charge in [0.1, 0.15) is 0 Å². The number of hydrogen-bond acceptors (Lipinski definition) is 4. The smallest absolute Gasteiger partial charge is 0.0416 e. The Kier molecular flexibility index (Phi) is 21.0. The molecule has 1 aliphatic heterocycles. The van der Waals surface area contributed by atoms with Gasteiger partial charge < -0.3 is 22.5 Å². The van der Waals surface area contributed by atoms with E-state index in [2.05, 4.69) is 100 Å². The Morgan fingerprint density at radius 2 is 1.45 bits per heavy atom. The lowest BCUT2D eigenvalue weighted by Gasteiger charge is -2.19. The van der Waals surface area contributed by atoms with Gasteiger partial charge in [-0.2, -0.15) is 0 Å². The summed E-state index contributed by atoms with van der Waals surface area (Å²) in [7, 11) is 0. The lowest BCUT2D eigenvalue weighted by atomic mass is 9.98. The fourth-order valence-corrected chi connectivity index (χ4v) is 4.77. The zero-order valence-corrected chi connectivity index (χ0v) is 32.6. The molecule has 3 aromatic rings. The Bertz CT molecular complexity index is 1950. The van der Waals surface area contributed by atoms with Crippen LogP contribution in [0.2, 0.25) is 0 Å². The van der Waals surface area contributed by atoms with E-state index in [0.717, 1.165) is 52.0 Å². The summed E-state index contributed by atoms with van der Waals surface area (Å²) in [6.45, 7) is 33.3. The number of rotatable bonds is 11. The van der Waals surface area contributed by atoms with Gasteiger partial charge in [0.15, 0.2) is 0 Å². The van der Waals surface area contributed by atoms with E-state index in [-0.39, 0.29) is 0 Å². The molecule has 1 aliphatic rings. The Balaban J connectivity index is 0.000000380. The van der Waals surface area contributed by atoms with Crippen molar-refractivity contribution >= 4 is 28.2 Å². The van der Waals surface area contributed by atoms with Gasteiger partial charge in [-0.3, -0.25) is 0 Å². The summed E-state index contributed by atoms with van der Waals surface area (Å²) in [5.74, 6) is 0. The fourth-order valence-electron chi connectivity index (χ4n) is 4.77. The molecule has 276 valence electrons. The Hall–Kier alpha value is -6.26. The first-order chi connectivity index (χ1) is 25.4. The minimum Gasteiger partial charge on any atom is -0.404 e. The van der Waals surface area contributed by atoms with Crippen LogP contribution in [0.15, 0.2) is 206 Å². The molecule has 0 aromatic heterocycles. The summed E-state index contributed by atoms with van der Waals surface area (Å²) in [6, 6.07) is 20.5. The molecule has 53 heavy (non-hydrogen) atoms. The standard InChI is InChI=1S/C19H21N.C14H20N2.C10H9N.C6H10/c1-5-15(6-2)18-10-11-19(20-13-18)17-9-8-14(4)16(7-3)12-17;1-4-12(5-2)8-7-9-14(11-16)13(6-3)10-15;11-10-7-3-5-8-4-1-2-6-9(8)10;1-5(2)6(3)4/h5-12,20H,1,3,13H2,2,4H3;4-7,9-11H,1,3,8,15-16H2,2H3;1-7H,11H2;1,3H2,2,4H3/b15-6+;9-7-,12-5+,13-10+,14-11+;;. The maximum Gasteiger partial charge on any atom is 0.0416 e. The Labute approximate surface area is 320 Å². The molecule has 4 nitrogen and oxygen atoms in total. The van der Waals surface area contributed by atoms with Gasteiger partial charge in [0.2, 0.25) is 0 Å². The molecular formula is C49H60N4. The summed E-state index contributed by atoms with van der Waals surface area (Å²) in [4.78, 5) is 0. The lowest BCUT2D eigenvalue weighted by molar-refractivity contribution is 0.953. The molecule has 4 rings (SSSR count). The molecule has 3 aromatic carbocycles. The van der Waals surface area contributed by atoms with Crippen molar-refractivity contribution in [3.63, 3.8) is 0 Å². The van der Waals surface area contributed by atoms with E-state index in [1.54, 1.807) is 6.08 Å². The van der Waals surface area contributed by atoms with E-state index < -0.39 is 0 Å². The number of benzene rings is 3. The molecule has 4 heteroatoms. The molecule has 0 aliphatic carbocycles. The van der Waals surface area contributed by atoms with Gasteiger partial charge in [0.05, 0.1) is 0 Å². The van der Waals surface area contributed by atoms with Crippen molar-refractivity contribution in [1.82, 2.24) is 5.32 Å². The number of fused-ring (bicyclic) bond motifs is 1. The van der Waals surface area contributed by atoms with Crippen LogP contribution in [0, 0.1) is 6.92 Å². The molecule has 0 bridgehead atoms. The van der Waals surface area contributed by atoms with E-state index in [9.17, 15) is 0 Å². The molecular weight excluding hydrogens is 645 g/mol. The number of allylic oxidation sites excluding steroid dienone is 14. The number of anilines is 1. The number of nitrogens with one attached hydrogen (secondary N) is 1. The maximum atomic E-state index is 5.76. The first kappa shape index (κ1) is 44.8. The molecule has 0 fully saturated rings. The van der Waals surface area contributed by atoms with Gasteiger partial charge in [0, 0.05) is 35.7 Å². The molecule has 1 heterocycles. The minimum atomic E-state index is 0.819. The number of hydrogen-bond donors (Lipinski definition) is 4. The van der Waals surface area contributed by atoms with Gasteiger partial charge in [0.25, 0.3) is 0 Å². The molecule has 0 radical (unpaired) electrons. The summed E-state index contributed by atoms with van der Waals surface area (Å²) < 4.78 is 0. The van der Waals surface area contributed by atoms with Gasteiger partial charge in [-0.15, -0.1) is 0 Å². The third kappa shape index (κ3) is 15.3. The van der Waals surface area contributed by atoms with Crippen molar-refractivity contribution in [2.45, 2.75) is 41.0 Å². The number of aryl methyl sites for hydroxylation is 1. The van der Waals surface area contributed by atoms with Gasteiger partial charge in [-0.05, 0) is 109 Å². The van der Waals surface area contributed by atoms with E-state index in [4.69, 9.17) is 17.2 Å². The predicted octanol–water partition coefficient (Wildman–Crippen LogP) is 12.1. The molecule has 0 amide bonds. The summed E-state index contributed by atoms with van der Waals surface area (Å²) in [6.07, 6.45) is 23.5. The number of nitrogen functional groups attached to an aromatic ring is 1. The Morgan fingerprint density at radius 3 is 1.94 bits per heavy atom. The average molecular weight is 705 g/mol. The molecule has 0 saturated carbocycles. The second-order valence-electron chi connectivity index (χ2n) is 12.1. The first-order valence-corrected chi connectivity index (χ1v) is 17.6. The number of nitrogens with two attached hydrogens (primary N) is 3. The van der Waals surface area contributed by atoms with Crippen LogP contribution in [0.3, 0.4) is 0 Å². The average Bonchev–Trinajstić information content (AvgIpc) is 3.18. The second kappa shape index (κ2) is 24.8. The molecule has 0 atom stereocenters. The summed E-state index contributed by atoms with van der Waals surface area (Å²) in [5.41, 5.74) is 29.8. The van der Waals surface area contributed by atoms with Crippen molar-refractivity contribution in [2.75, 3.05) is 12.3 Å². The van der Waals surface area contributed by atoms with Crippen LogP contribution < -0.4 is 22.5 Å². The van der Waals surface area contributed by atoms with Gasteiger partial charge in [-0.25, -0.2) is 0 Å².